The molecule has 0 bridgehead atoms. The number of amides is 2. The number of carbonyl (C=O) groups is 3. The van der Waals surface area contributed by atoms with E-state index in [-0.39, 0.29) is 62.4 Å². The highest BCUT2D eigenvalue weighted by molar-refractivity contribution is 5.90. The van der Waals surface area contributed by atoms with Crippen molar-refractivity contribution in [2.45, 2.75) is 38.2 Å². The normalized spacial score (nSPS) is 21.6. The maximum absolute atomic E-state index is 15.1. The van der Waals surface area contributed by atoms with Crippen molar-refractivity contribution >= 4 is 29.2 Å². The van der Waals surface area contributed by atoms with Gasteiger partial charge >= 0.3 is 6.09 Å². The largest absolute Gasteiger partial charge is 0.444 e. The van der Waals surface area contributed by atoms with Crippen LogP contribution in [0.3, 0.4) is 0 Å². The number of nitrogens with zero attached hydrogens (tertiary/aromatic N) is 3. The predicted molar refractivity (Wildman–Crippen MR) is 120 cm³/mol. The van der Waals surface area contributed by atoms with Gasteiger partial charge in [-0.3, -0.25) is 19.3 Å². The number of nitrogens with one attached hydrogen (secondary N) is 1. The van der Waals surface area contributed by atoms with Crippen LogP contribution in [0, 0.1) is 17.6 Å². The molecule has 0 saturated carbocycles. The summed E-state index contributed by atoms with van der Waals surface area (Å²) >= 11 is 0. The Morgan fingerprint density at radius 1 is 1.08 bits per heavy atom. The van der Waals surface area contributed by atoms with Crippen LogP contribution in [0.5, 0.6) is 0 Å². The SMILES string of the molecule is O=C(CC[C@H]1CN(c2cc(F)c(N3CCON(C(=O)C4CCNCC4)CC3)c(F)c2)C(=O)O1)C(F)F. The number of hydrogen-bond acceptors (Lipinski definition) is 7. The third kappa shape index (κ3) is 5.89. The Morgan fingerprint density at radius 3 is 2.44 bits per heavy atom. The molecule has 3 saturated heterocycles. The number of rotatable bonds is 7. The van der Waals surface area contributed by atoms with Crippen LogP contribution < -0.4 is 15.1 Å². The van der Waals surface area contributed by atoms with Gasteiger partial charge in [-0.15, -0.1) is 0 Å². The van der Waals surface area contributed by atoms with Gasteiger partial charge in [-0.05, 0) is 32.4 Å². The summed E-state index contributed by atoms with van der Waals surface area (Å²) in [6.07, 6.45) is -4.02. The van der Waals surface area contributed by atoms with Crippen molar-refractivity contribution < 1.29 is 41.5 Å². The van der Waals surface area contributed by atoms with Gasteiger partial charge in [-0.2, -0.15) is 0 Å². The first-order chi connectivity index (χ1) is 17.2. The van der Waals surface area contributed by atoms with Crippen molar-refractivity contribution in [2.75, 3.05) is 55.7 Å². The summed E-state index contributed by atoms with van der Waals surface area (Å²) in [7, 11) is 0. The molecule has 0 spiro atoms. The zero-order chi connectivity index (χ0) is 25.8. The number of hydrogen-bond donors (Lipinski definition) is 1. The maximum Gasteiger partial charge on any atom is 0.414 e. The average Bonchev–Trinajstić information content (AvgIpc) is 3.06. The van der Waals surface area contributed by atoms with Gasteiger partial charge in [0.05, 0.1) is 25.4 Å². The summed E-state index contributed by atoms with van der Waals surface area (Å²) in [6, 6.07) is 1.99. The highest BCUT2D eigenvalue weighted by atomic mass is 19.3. The van der Waals surface area contributed by atoms with Gasteiger partial charge in [-0.25, -0.2) is 27.4 Å². The molecular weight excluding hydrogens is 488 g/mol. The lowest BCUT2D eigenvalue weighted by Gasteiger charge is -2.28. The number of ether oxygens (including phenoxy) is 1. The zero-order valence-corrected chi connectivity index (χ0v) is 19.6. The molecule has 1 aromatic carbocycles. The minimum absolute atomic E-state index is 0.0643. The number of alkyl halides is 2. The first-order valence-corrected chi connectivity index (χ1v) is 11.9. The number of cyclic esters (lactones) is 1. The third-order valence-electron chi connectivity index (χ3n) is 6.58. The van der Waals surface area contributed by atoms with Gasteiger partial charge in [0, 0.05) is 37.6 Å². The Hall–Kier alpha value is -2.93. The molecule has 3 aliphatic rings. The molecule has 0 unspecified atom stereocenters. The summed E-state index contributed by atoms with van der Waals surface area (Å²) in [5.74, 6) is -3.36. The summed E-state index contributed by atoms with van der Waals surface area (Å²) in [4.78, 5) is 44.1. The van der Waals surface area contributed by atoms with Crippen molar-refractivity contribution in [2.24, 2.45) is 5.92 Å². The fourth-order valence-corrected chi connectivity index (χ4v) is 4.62. The van der Waals surface area contributed by atoms with E-state index in [1.165, 1.54) is 9.96 Å². The van der Waals surface area contributed by atoms with Gasteiger partial charge in [0.2, 0.25) is 5.91 Å². The Bertz CT molecular complexity index is 968. The predicted octanol–water partition coefficient (Wildman–Crippen LogP) is 2.48. The number of benzene rings is 1. The molecule has 36 heavy (non-hydrogen) atoms. The summed E-state index contributed by atoms with van der Waals surface area (Å²) < 4.78 is 60.0. The number of ketones is 1. The van der Waals surface area contributed by atoms with Crippen molar-refractivity contribution in [3.05, 3.63) is 23.8 Å². The van der Waals surface area contributed by atoms with Crippen molar-refractivity contribution in [1.29, 1.82) is 0 Å². The van der Waals surface area contributed by atoms with Gasteiger partial charge in [-0.1, -0.05) is 0 Å². The lowest BCUT2D eigenvalue weighted by molar-refractivity contribution is -0.187. The van der Waals surface area contributed by atoms with E-state index < -0.39 is 42.5 Å². The quantitative estimate of drug-likeness (QED) is 0.557. The van der Waals surface area contributed by atoms with Crippen LogP contribution in [-0.4, -0.2) is 81.3 Å². The lowest BCUT2D eigenvalue weighted by Crippen LogP contribution is -2.42. The van der Waals surface area contributed by atoms with Gasteiger partial charge in [0.15, 0.2) is 17.4 Å². The van der Waals surface area contributed by atoms with E-state index in [1.54, 1.807) is 0 Å². The van der Waals surface area contributed by atoms with E-state index in [4.69, 9.17) is 9.57 Å². The fraction of sp³-hybridized carbons (Fsp3) is 0.609. The first kappa shape index (κ1) is 26.1. The van der Waals surface area contributed by atoms with E-state index >= 15 is 8.78 Å². The van der Waals surface area contributed by atoms with E-state index in [1.807, 2.05) is 0 Å². The van der Waals surface area contributed by atoms with Gasteiger partial charge < -0.3 is 15.0 Å². The number of piperidine rings is 1. The van der Waals surface area contributed by atoms with Crippen LogP contribution in [0.2, 0.25) is 0 Å². The van der Waals surface area contributed by atoms with E-state index in [0.717, 1.165) is 30.1 Å². The number of Topliss-reactive ketones (excluding diaryl/α,β-unsaturated/α-hetero) is 1. The number of carbonyl (C=O) groups excluding carboxylic acids is 3. The van der Waals surface area contributed by atoms with Crippen molar-refractivity contribution in [3.63, 3.8) is 0 Å². The minimum Gasteiger partial charge on any atom is -0.444 e. The monoisotopic (exact) mass is 516 g/mol. The highest BCUT2D eigenvalue weighted by Crippen LogP contribution is 2.32. The smallest absolute Gasteiger partial charge is 0.414 e. The molecular formula is C23H28F4N4O5. The molecule has 1 N–H and O–H groups in total. The molecule has 0 aromatic heterocycles. The summed E-state index contributed by atoms with van der Waals surface area (Å²) in [5, 5.41) is 4.47. The van der Waals surface area contributed by atoms with Crippen LogP contribution in [0.1, 0.15) is 25.7 Å². The Balaban J connectivity index is 1.40. The van der Waals surface area contributed by atoms with Gasteiger partial charge in [0.25, 0.3) is 6.43 Å². The second kappa shape index (κ2) is 11.4. The minimum atomic E-state index is -3.10. The molecule has 3 aliphatic heterocycles. The second-order valence-electron chi connectivity index (χ2n) is 8.96. The van der Waals surface area contributed by atoms with E-state index in [9.17, 15) is 23.2 Å². The molecule has 3 fully saturated rings. The standard InChI is InChI=1S/C23H28F4N4O5/c24-17-11-15(30-13-16(36-23(30)34)1-2-19(32)21(26)27)12-18(25)20(17)29-7-8-31(35-10-9-29)22(33)14-3-5-28-6-4-14/h11-12,14,16,21,28H,1-10,13H2/t16-/m0/s1. The molecule has 4 rings (SSSR count). The number of hydroxylamine groups is 2. The molecule has 1 atom stereocenters. The molecule has 13 heteroatoms. The topological polar surface area (TPSA) is 91.4 Å². The Labute approximate surface area is 205 Å². The Kier molecular flexibility index (Phi) is 8.29. The molecule has 9 nitrogen and oxygen atoms in total. The van der Waals surface area contributed by atoms with Crippen LogP contribution in [0.4, 0.5) is 33.7 Å². The van der Waals surface area contributed by atoms with Gasteiger partial charge in [0.1, 0.15) is 11.8 Å². The lowest BCUT2D eigenvalue weighted by atomic mass is 9.97. The van der Waals surface area contributed by atoms with E-state index in [2.05, 4.69) is 5.32 Å². The maximum atomic E-state index is 15.1. The van der Waals surface area contributed by atoms with Crippen LogP contribution in [0.15, 0.2) is 12.1 Å². The average molecular weight is 516 g/mol. The number of halogens is 4. The fourth-order valence-electron chi connectivity index (χ4n) is 4.62. The molecule has 2 amide bonds. The summed E-state index contributed by atoms with van der Waals surface area (Å²) in [5.41, 5.74) is -0.389. The van der Waals surface area contributed by atoms with Crippen LogP contribution in [0.25, 0.3) is 0 Å². The molecule has 0 radical (unpaired) electrons. The van der Waals surface area contributed by atoms with Crippen LogP contribution >= 0.6 is 0 Å². The van der Waals surface area contributed by atoms with Crippen molar-refractivity contribution in [1.82, 2.24) is 10.4 Å². The van der Waals surface area contributed by atoms with E-state index in [0.29, 0.717) is 12.8 Å². The Morgan fingerprint density at radius 2 is 1.78 bits per heavy atom. The molecule has 1 aromatic rings. The number of anilines is 2. The molecule has 0 aliphatic carbocycles. The zero-order valence-electron chi connectivity index (χ0n) is 19.6. The molecule has 198 valence electrons. The van der Waals surface area contributed by atoms with Crippen molar-refractivity contribution in [3.8, 4) is 0 Å². The second-order valence-corrected chi connectivity index (χ2v) is 8.96. The third-order valence-corrected chi connectivity index (χ3v) is 6.58. The summed E-state index contributed by atoms with van der Waals surface area (Å²) in [6.45, 7) is 1.87. The first-order valence-electron chi connectivity index (χ1n) is 11.9. The molecule has 3 heterocycles. The van der Waals surface area contributed by atoms with Crippen LogP contribution in [-0.2, 0) is 19.2 Å². The highest BCUT2D eigenvalue weighted by Gasteiger charge is 2.35.